The Morgan fingerprint density at radius 3 is 3.00 bits per heavy atom. The zero-order valence-electron chi connectivity index (χ0n) is 14.7. The lowest BCUT2D eigenvalue weighted by molar-refractivity contribution is 0.0784. The highest BCUT2D eigenvalue weighted by Gasteiger charge is 2.46. The van der Waals surface area contributed by atoms with Crippen molar-refractivity contribution in [3.05, 3.63) is 47.0 Å². The van der Waals surface area contributed by atoms with Crippen molar-refractivity contribution in [2.24, 2.45) is 11.8 Å². The number of ether oxygens (including phenoxy) is 1. The number of amides is 1. The molecule has 1 aromatic heterocycles. The molecule has 0 radical (unpaired) electrons. The van der Waals surface area contributed by atoms with Crippen molar-refractivity contribution in [2.75, 3.05) is 20.2 Å². The monoisotopic (exact) mass is 351 g/mol. The van der Waals surface area contributed by atoms with E-state index < -0.39 is 0 Å². The van der Waals surface area contributed by atoms with Gasteiger partial charge in [-0.1, -0.05) is 6.07 Å². The first kappa shape index (κ1) is 16.7. The number of benzene rings is 1. The van der Waals surface area contributed by atoms with E-state index >= 15 is 0 Å². The van der Waals surface area contributed by atoms with E-state index in [1.165, 1.54) is 12.8 Å². The van der Waals surface area contributed by atoms with Crippen molar-refractivity contribution in [1.82, 2.24) is 20.1 Å². The molecule has 1 aliphatic carbocycles. The van der Waals surface area contributed by atoms with Crippen LogP contribution in [0.25, 0.3) is 0 Å². The van der Waals surface area contributed by atoms with Gasteiger partial charge < -0.3 is 9.64 Å². The second-order valence-corrected chi connectivity index (χ2v) is 7.08. The van der Waals surface area contributed by atoms with Crippen molar-refractivity contribution in [3.8, 4) is 6.07 Å². The highest BCUT2D eigenvalue weighted by atomic mass is 16.5. The van der Waals surface area contributed by atoms with Crippen LogP contribution in [0, 0.1) is 23.2 Å². The van der Waals surface area contributed by atoms with E-state index in [4.69, 9.17) is 10.00 Å². The minimum Gasteiger partial charge on any atom is -0.377 e. The van der Waals surface area contributed by atoms with Crippen molar-refractivity contribution < 1.29 is 9.53 Å². The third-order valence-corrected chi connectivity index (χ3v) is 5.28. The van der Waals surface area contributed by atoms with Crippen LogP contribution >= 0.6 is 0 Å². The maximum absolute atomic E-state index is 12.9. The van der Waals surface area contributed by atoms with Crippen LogP contribution in [0.5, 0.6) is 0 Å². The number of carbonyl (C=O) groups is 1. The summed E-state index contributed by atoms with van der Waals surface area (Å²) in [5, 5.41) is 16.4. The quantitative estimate of drug-likeness (QED) is 0.890. The molecular formula is C19H21N5O2. The molecule has 2 atom stereocenters. The number of nitrogens with zero attached hydrogens (tertiary/aromatic N) is 4. The summed E-state index contributed by atoms with van der Waals surface area (Å²) in [6.45, 7) is 1.73. The smallest absolute Gasteiger partial charge is 0.253 e. The molecule has 1 aromatic carbocycles. The van der Waals surface area contributed by atoms with E-state index in [1.54, 1.807) is 31.4 Å². The number of nitriles is 1. The second-order valence-electron chi connectivity index (χ2n) is 7.08. The van der Waals surface area contributed by atoms with Crippen molar-refractivity contribution >= 4 is 5.91 Å². The van der Waals surface area contributed by atoms with Crippen LogP contribution < -0.4 is 0 Å². The molecule has 26 heavy (non-hydrogen) atoms. The van der Waals surface area contributed by atoms with Crippen molar-refractivity contribution in [1.29, 1.82) is 5.26 Å². The minimum absolute atomic E-state index is 0.0251. The lowest BCUT2D eigenvalue weighted by Crippen LogP contribution is -2.29. The Bertz CT molecular complexity index is 852. The number of methoxy groups -OCH3 is 1. The van der Waals surface area contributed by atoms with E-state index in [0.29, 0.717) is 41.9 Å². The SMILES string of the molecule is COCc1nc([C@H]2CN(C(=O)c3cccc(C#N)c3)C[C@@H]2C2CC2)n[nH]1. The van der Waals surface area contributed by atoms with Crippen LogP contribution in [0.15, 0.2) is 24.3 Å². The zero-order valence-corrected chi connectivity index (χ0v) is 14.7. The second kappa shape index (κ2) is 6.89. The summed E-state index contributed by atoms with van der Waals surface area (Å²) < 4.78 is 5.10. The van der Waals surface area contributed by atoms with E-state index in [1.807, 2.05) is 4.90 Å². The van der Waals surface area contributed by atoms with Gasteiger partial charge in [0.05, 0.1) is 11.6 Å². The number of carbonyl (C=O) groups excluding carboxylic acids is 1. The molecule has 1 aliphatic heterocycles. The molecule has 2 fully saturated rings. The highest BCUT2D eigenvalue weighted by molar-refractivity contribution is 5.94. The Morgan fingerprint density at radius 2 is 2.27 bits per heavy atom. The molecule has 2 heterocycles. The molecule has 1 saturated carbocycles. The maximum atomic E-state index is 12.9. The van der Waals surface area contributed by atoms with Crippen LogP contribution in [0.3, 0.4) is 0 Å². The number of H-pyrrole nitrogens is 1. The van der Waals surface area contributed by atoms with Gasteiger partial charge >= 0.3 is 0 Å². The number of aromatic nitrogens is 3. The van der Waals surface area contributed by atoms with Crippen LogP contribution in [-0.4, -0.2) is 46.2 Å². The number of rotatable bonds is 5. The Labute approximate surface area is 152 Å². The molecule has 0 bridgehead atoms. The molecule has 4 rings (SSSR count). The van der Waals surface area contributed by atoms with Crippen LogP contribution in [-0.2, 0) is 11.3 Å². The topological polar surface area (TPSA) is 94.9 Å². The lowest BCUT2D eigenvalue weighted by atomic mass is 9.91. The van der Waals surface area contributed by atoms with Crippen molar-refractivity contribution in [3.63, 3.8) is 0 Å². The summed E-state index contributed by atoms with van der Waals surface area (Å²) >= 11 is 0. The van der Waals surface area contributed by atoms with E-state index in [0.717, 1.165) is 12.4 Å². The van der Waals surface area contributed by atoms with Crippen LogP contribution in [0.2, 0.25) is 0 Å². The fourth-order valence-electron chi connectivity index (χ4n) is 3.85. The van der Waals surface area contributed by atoms with Gasteiger partial charge in [-0.2, -0.15) is 10.4 Å². The van der Waals surface area contributed by atoms with Gasteiger partial charge in [-0.3, -0.25) is 9.89 Å². The number of likely N-dealkylation sites (tertiary alicyclic amines) is 1. The predicted octanol–water partition coefficient (Wildman–Crippen LogP) is 2.09. The number of hydrogen-bond donors (Lipinski definition) is 1. The molecule has 134 valence electrons. The third kappa shape index (κ3) is 3.20. The number of aromatic amines is 1. The molecule has 2 aromatic rings. The molecule has 0 unspecified atom stereocenters. The molecule has 2 aliphatic rings. The molecule has 1 saturated heterocycles. The summed E-state index contributed by atoms with van der Waals surface area (Å²) in [5.74, 6) is 2.64. The number of hydrogen-bond acceptors (Lipinski definition) is 5. The van der Waals surface area contributed by atoms with Gasteiger partial charge in [0, 0.05) is 31.7 Å². The highest BCUT2D eigenvalue weighted by Crippen LogP contribution is 2.47. The Balaban J connectivity index is 1.55. The fourth-order valence-corrected chi connectivity index (χ4v) is 3.85. The summed E-state index contributed by atoms with van der Waals surface area (Å²) in [6, 6.07) is 8.98. The third-order valence-electron chi connectivity index (χ3n) is 5.28. The van der Waals surface area contributed by atoms with E-state index in [2.05, 4.69) is 21.3 Å². The Hall–Kier alpha value is -2.72. The lowest BCUT2D eigenvalue weighted by Gasteiger charge is -2.16. The Morgan fingerprint density at radius 1 is 1.42 bits per heavy atom. The standard InChI is InChI=1S/C19H21N5O2/c1-26-11-17-21-18(23-22-17)16-10-24(9-15(16)13-5-6-13)19(25)14-4-2-3-12(7-14)8-20/h2-4,7,13,15-16H,5-6,9-11H2,1H3,(H,21,22,23)/t15-,16+/m1/s1. The van der Waals surface area contributed by atoms with Gasteiger partial charge in [0.2, 0.25) is 0 Å². The average Bonchev–Trinajstić information content (AvgIpc) is 3.25. The summed E-state index contributed by atoms with van der Waals surface area (Å²) in [7, 11) is 1.63. The van der Waals surface area contributed by atoms with Gasteiger partial charge in [0.15, 0.2) is 11.6 Å². The fraction of sp³-hybridized carbons (Fsp3) is 0.474. The van der Waals surface area contributed by atoms with Gasteiger partial charge in [-0.05, 0) is 42.9 Å². The first-order valence-electron chi connectivity index (χ1n) is 8.89. The van der Waals surface area contributed by atoms with Gasteiger partial charge in [0.1, 0.15) is 6.61 Å². The zero-order chi connectivity index (χ0) is 18.1. The van der Waals surface area contributed by atoms with Crippen LogP contribution in [0.1, 0.15) is 46.3 Å². The summed E-state index contributed by atoms with van der Waals surface area (Å²) in [4.78, 5) is 19.4. The molecule has 1 amide bonds. The summed E-state index contributed by atoms with van der Waals surface area (Å²) in [6.07, 6.45) is 2.42. The van der Waals surface area contributed by atoms with Crippen LogP contribution in [0.4, 0.5) is 0 Å². The normalized spacial score (nSPS) is 22.4. The van der Waals surface area contributed by atoms with Gasteiger partial charge in [-0.25, -0.2) is 4.98 Å². The minimum atomic E-state index is -0.0251. The largest absolute Gasteiger partial charge is 0.377 e. The van der Waals surface area contributed by atoms with Crippen molar-refractivity contribution in [2.45, 2.75) is 25.4 Å². The first-order valence-corrected chi connectivity index (χ1v) is 8.89. The molecule has 7 heteroatoms. The molecule has 1 N–H and O–H groups in total. The van der Waals surface area contributed by atoms with E-state index in [-0.39, 0.29) is 11.8 Å². The molecular weight excluding hydrogens is 330 g/mol. The average molecular weight is 351 g/mol. The molecule has 7 nitrogen and oxygen atoms in total. The number of nitrogens with one attached hydrogen (secondary N) is 1. The van der Waals surface area contributed by atoms with E-state index in [9.17, 15) is 4.79 Å². The molecule has 0 spiro atoms. The van der Waals surface area contributed by atoms with Gasteiger partial charge in [0.25, 0.3) is 5.91 Å². The summed E-state index contributed by atoms with van der Waals surface area (Å²) in [5.41, 5.74) is 1.07. The first-order chi connectivity index (χ1) is 12.7. The maximum Gasteiger partial charge on any atom is 0.253 e. The Kier molecular flexibility index (Phi) is 4.43. The predicted molar refractivity (Wildman–Crippen MR) is 93.1 cm³/mol. The van der Waals surface area contributed by atoms with Gasteiger partial charge in [-0.15, -0.1) is 0 Å².